The molecule has 0 saturated carbocycles. The molecule has 0 aliphatic carbocycles. The number of primary amides is 1. The molecule has 3 rings (SSSR count). The Balaban J connectivity index is 1.98. The van der Waals surface area contributed by atoms with Crippen molar-refractivity contribution in [2.45, 2.75) is 25.7 Å². The second-order valence-corrected chi connectivity index (χ2v) is 6.89. The SMILES string of the molecule is CC12C(=NC(NCCCO)NC1c1ccco1)SC(C(N)=O)=C2N. The van der Waals surface area contributed by atoms with E-state index in [0.29, 0.717) is 29.3 Å². The number of rotatable bonds is 6. The smallest absolute Gasteiger partial charge is 0.257 e. The maximum absolute atomic E-state index is 11.7. The highest BCUT2D eigenvalue weighted by atomic mass is 32.2. The van der Waals surface area contributed by atoms with E-state index >= 15 is 0 Å². The Hall–Kier alpha value is -1.81. The summed E-state index contributed by atoms with van der Waals surface area (Å²) in [6.45, 7) is 2.63. The third kappa shape index (κ3) is 2.73. The predicted octanol–water partition coefficient (Wildman–Crippen LogP) is -0.0133. The van der Waals surface area contributed by atoms with Gasteiger partial charge in [0.1, 0.15) is 5.76 Å². The van der Waals surface area contributed by atoms with Gasteiger partial charge >= 0.3 is 0 Å². The molecule has 3 heterocycles. The normalized spacial score (nSPS) is 29.5. The summed E-state index contributed by atoms with van der Waals surface area (Å²) in [5, 5.41) is 16.2. The molecule has 3 unspecified atom stereocenters. The highest BCUT2D eigenvalue weighted by Gasteiger charge is 2.53. The number of hydrogen-bond acceptors (Lipinski definition) is 8. The first-order valence-corrected chi connectivity index (χ1v) is 8.50. The Kier molecular flexibility index (Phi) is 4.68. The van der Waals surface area contributed by atoms with Gasteiger partial charge in [-0.2, -0.15) is 0 Å². The Morgan fingerprint density at radius 1 is 1.62 bits per heavy atom. The van der Waals surface area contributed by atoms with Crippen molar-refractivity contribution in [1.29, 1.82) is 0 Å². The standard InChI is InChI=1S/C15H21N5O3S/c1-15-10(16)9(12(17)22)24-13(15)20-14(18-5-3-6-21)19-11(15)8-4-2-7-23-8/h2,4,7,11,14,18-19,21H,3,5-6,16H2,1H3,(H2,17,22). The zero-order valence-electron chi connectivity index (χ0n) is 13.3. The van der Waals surface area contributed by atoms with Crippen molar-refractivity contribution in [3.8, 4) is 0 Å². The molecule has 1 amide bonds. The van der Waals surface area contributed by atoms with Gasteiger partial charge in [0.05, 0.1) is 27.7 Å². The first-order chi connectivity index (χ1) is 11.5. The second-order valence-electron chi connectivity index (χ2n) is 5.89. The quantitative estimate of drug-likeness (QED) is 0.454. The van der Waals surface area contributed by atoms with Crippen LogP contribution in [0.5, 0.6) is 0 Å². The predicted molar refractivity (Wildman–Crippen MR) is 91.6 cm³/mol. The van der Waals surface area contributed by atoms with Gasteiger partial charge < -0.3 is 21.0 Å². The summed E-state index contributed by atoms with van der Waals surface area (Å²) >= 11 is 1.21. The summed E-state index contributed by atoms with van der Waals surface area (Å²) in [7, 11) is 0. The number of fused-ring (bicyclic) bond motifs is 1. The number of aliphatic imine (C=N–C) groups is 1. The number of hydrogen-bond donors (Lipinski definition) is 5. The molecule has 3 atom stereocenters. The lowest BCUT2D eigenvalue weighted by Crippen LogP contribution is -2.54. The zero-order chi connectivity index (χ0) is 17.3. The van der Waals surface area contributed by atoms with Gasteiger partial charge in [0.2, 0.25) is 0 Å². The lowest BCUT2D eigenvalue weighted by atomic mass is 9.77. The topological polar surface area (TPSA) is 139 Å². The number of aliphatic hydroxyl groups is 1. The fraction of sp³-hybridized carbons (Fsp3) is 0.467. The average molecular weight is 351 g/mol. The lowest BCUT2D eigenvalue weighted by Gasteiger charge is -2.40. The van der Waals surface area contributed by atoms with Crippen LogP contribution in [0.2, 0.25) is 0 Å². The van der Waals surface area contributed by atoms with E-state index in [0.717, 1.165) is 5.04 Å². The summed E-state index contributed by atoms with van der Waals surface area (Å²) < 4.78 is 5.58. The lowest BCUT2D eigenvalue weighted by molar-refractivity contribution is -0.114. The molecule has 1 aromatic heterocycles. The maximum atomic E-state index is 11.7. The van der Waals surface area contributed by atoms with Crippen LogP contribution in [0.4, 0.5) is 0 Å². The van der Waals surface area contributed by atoms with E-state index in [1.165, 1.54) is 11.8 Å². The molecule has 0 fully saturated rings. The number of nitrogens with one attached hydrogen (secondary N) is 2. The third-order valence-corrected chi connectivity index (χ3v) is 5.67. The van der Waals surface area contributed by atoms with Crippen LogP contribution < -0.4 is 22.1 Å². The largest absolute Gasteiger partial charge is 0.468 e. The van der Waals surface area contributed by atoms with E-state index in [1.54, 1.807) is 12.3 Å². The summed E-state index contributed by atoms with van der Waals surface area (Å²) in [4.78, 5) is 16.7. The number of aliphatic hydroxyl groups excluding tert-OH is 1. The molecule has 0 spiro atoms. The van der Waals surface area contributed by atoms with Crippen LogP contribution in [0.1, 0.15) is 25.1 Å². The highest BCUT2D eigenvalue weighted by Crippen LogP contribution is 2.53. The molecular formula is C15H21N5O3S. The molecule has 8 nitrogen and oxygen atoms in total. The van der Waals surface area contributed by atoms with Gasteiger partial charge in [-0.3, -0.25) is 15.4 Å². The first kappa shape index (κ1) is 17.0. The van der Waals surface area contributed by atoms with Gasteiger partial charge in [-0.25, -0.2) is 4.99 Å². The molecular weight excluding hydrogens is 330 g/mol. The number of thioether (sulfide) groups is 1. The van der Waals surface area contributed by atoms with Gasteiger partial charge in [0, 0.05) is 18.8 Å². The molecule has 2 aliphatic rings. The summed E-state index contributed by atoms with van der Waals surface area (Å²) in [5.41, 5.74) is 11.4. The van der Waals surface area contributed by atoms with Gasteiger partial charge in [-0.05, 0) is 25.5 Å². The van der Waals surface area contributed by atoms with E-state index in [2.05, 4.69) is 15.6 Å². The minimum absolute atomic E-state index is 0.102. The van der Waals surface area contributed by atoms with Crippen molar-refractivity contribution in [3.05, 3.63) is 34.8 Å². The van der Waals surface area contributed by atoms with Crippen LogP contribution in [0.3, 0.4) is 0 Å². The molecule has 2 aliphatic heterocycles. The van der Waals surface area contributed by atoms with Gasteiger partial charge in [-0.15, -0.1) is 0 Å². The summed E-state index contributed by atoms with van der Waals surface area (Å²) in [5.74, 6) is 0.145. The number of carbonyl (C=O) groups excluding carboxylic acids is 1. The van der Waals surface area contributed by atoms with Crippen LogP contribution in [0.15, 0.2) is 38.4 Å². The van der Waals surface area contributed by atoms with Gasteiger partial charge in [-0.1, -0.05) is 11.8 Å². The average Bonchev–Trinajstić information content (AvgIpc) is 3.15. The second kappa shape index (κ2) is 6.60. The fourth-order valence-electron chi connectivity index (χ4n) is 2.95. The molecule has 1 aromatic rings. The van der Waals surface area contributed by atoms with Crippen molar-refractivity contribution >= 4 is 22.7 Å². The molecule has 0 radical (unpaired) electrons. The van der Waals surface area contributed by atoms with Crippen molar-refractivity contribution < 1.29 is 14.3 Å². The molecule has 0 aromatic carbocycles. The van der Waals surface area contributed by atoms with E-state index in [1.807, 2.05) is 13.0 Å². The van der Waals surface area contributed by atoms with E-state index in [4.69, 9.17) is 21.0 Å². The number of nitrogens with two attached hydrogens (primary N) is 2. The van der Waals surface area contributed by atoms with Crippen LogP contribution >= 0.6 is 11.8 Å². The van der Waals surface area contributed by atoms with Crippen molar-refractivity contribution in [3.63, 3.8) is 0 Å². The Morgan fingerprint density at radius 2 is 2.42 bits per heavy atom. The Labute approximate surface area is 143 Å². The van der Waals surface area contributed by atoms with Gasteiger partial charge in [0.25, 0.3) is 5.91 Å². The highest BCUT2D eigenvalue weighted by molar-refractivity contribution is 8.18. The monoisotopic (exact) mass is 351 g/mol. The molecule has 7 N–H and O–H groups in total. The van der Waals surface area contributed by atoms with Crippen LogP contribution in [-0.2, 0) is 4.79 Å². The van der Waals surface area contributed by atoms with Crippen LogP contribution in [0, 0.1) is 5.41 Å². The Morgan fingerprint density at radius 3 is 3.04 bits per heavy atom. The van der Waals surface area contributed by atoms with E-state index < -0.39 is 11.3 Å². The number of carbonyl (C=O) groups is 1. The molecule has 130 valence electrons. The minimum Gasteiger partial charge on any atom is -0.468 e. The number of amides is 1. The first-order valence-electron chi connectivity index (χ1n) is 7.68. The minimum atomic E-state index is -0.706. The van der Waals surface area contributed by atoms with Crippen molar-refractivity contribution in [1.82, 2.24) is 10.6 Å². The molecule has 9 heteroatoms. The van der Waals surface area contributed by atoms with E-state index in [-0.39, 0.29) is 18.9 Å². The maximum Gasteiger partial charge on any atom is 0.257 e. The molecule has 24 heavy (non-hydrogen) atoms. The number of nitrogens with zero attached hydrogens (tertiary/aromatic N) is 1. The zero-order valence-corrected chi connectivity index (χ0v) is 14.1. The Bertz CT molecular complexity index is 687. The van der Waals surface area contributed by atoms with Crippen molar-refractivity contribution in [2.75, 3.05) is 13.2 Å². The van der Waals surface area contributed by atoms with E-state index in [9.17, 15) is 4.79 Å². The van der Waals surface area contributed by atoms with Gasteiger partial charge in [0.15, 0.2) is 6.29 Å². The number of furan rings is 1. The molecule has 0 saturated heterocycles. The summed E-state index contributed by atoms with van der Waals surface area (Å²) in [6, 6.07) is 3.37. The van der Waals surface area contributed by atoms with Crippen LogP contribution in [-0.4, -0.2) is 35.5 Å². The summed E-state index contributed by atoms with van der Waals surface area (Å²) in [6.07, 6.45) is 1.84. The van der Waals surface area contributed by atoms with Crippen LogP contribution in [0.25, 0.3) is 0 Å². The fourth-order valence-corrected chi connectivity index (χ4v) is 4.17. The van der Waals surface area contributed by atoms with Crippen molar-refractivity contribution in [2.24, 2.45) is 21.9 Å². The third-order valence-electron chi connectivity index (χ3n) is 4.32. The molecule has 0 bridgehead atoms.